The van der Waals surface area contributed by atoms with Gasteiger partial charge in [-0.2, -0.15) is 0 Å². The summed E-state index contributed by atoms with van der Waals surface area (Å²) in [6.45, 7) is 4.45. The first-order valence-corrected chi connectivity index (χ1v) is 3.85. The summed E-state index contributed by atoms with van der Waals surface area (Å²) in [6.07, 6.45) is 0.760. The van der Waals surface area contributed by atoms with Gasteiger partial charge in [-0.1, -0.05) is 12.6 Å². The van der Waals surface area contributed by atoms with E-state index in [0.717, 1.165) is 17.7 Å². The first-order valence-electron chi connectivity index (χ1n) is 3.85. The van der Waals surface area contributed by atoms with Crippen molar-refractivity contribution in [1.29, 1.82) is 0 Å². The van der Waals surface area contributed by atoms with Crippen LogP contribution in [0.3, 0.4) is 0 Å². The Hall–Kier alpha value is -1.35. The molecule has 12 heavy (non-hydrogen) atoms. The lowest BCUT2D eigenvalue weighted by atomic mass is 10.1. The topological polar surface area (TPSA) is 64.9 Å². The number of hydrogen-bond donors (Lipinski definition) is 2. The smallest absolute Gasteiger partial charge is 0.124 e. The van der Waals surface area contributed by atoms with Crippen LogP contribution in [-0.4, -0.2) is 11.5 Å². The third-order valence-corrected chi connectivity index (χ3v) is 1.58. The molecule has 1 aromatic rings. The van der Waals surface area contributed by atoms with Gasteiger partial charge in [-0.05, 0) is 30.7 Å². The number of hydrogen-bond acceptors (Lipinski definition) is 3. The minimum Gasteiger partial charge on any atom is -0.384 e. The summed E-state index contributed by atoms with van der Waals surface area (Å²) in [5, 5.41) is 0. The molecule has 0 saturated heterocycles. The van der Waals surface area contributed by atoms with Crippen LogP contribution in [0, 0.1) is 0 Å². The van der Waals surface area contributed by atoms with Crippen molar-refractivity contribution >= 4 is 11.4 Å². The molecular weight excluding hydrogens is 150 g/mol. The summed E-state index contributed by atoms with van der Waals surface area (Å²) in [7, 11) is 0. The molecule has 3 heteroatoms. The number of nitrogens with two attached hydrogens (primary N) is 2. The van der Waals surface area contributed by atoms with Crippen LogP contribution in [0.2, 0.25) is 0 Å². The van der Waals surface area contributed by atoms with Gasteiger partial charge in [-0.15, -0.1) is 0 Å². The fourth-order valence-electron chi connectivity index (χ4n) is 0.951. The predicted octanol–water partition coefficient (Wildman–Crippen LogP) is 1.03. The molecule has 0 saturated carbocycles. The Kier molecular flexibility index (Phi) is 2.82. The van der Waals surface area contributed by atoms with E-state index in [4.69, 9.17) is 11.5 Å². The summed E-state index contributed by atoms with van der Waals surface area (Å²) in [4.78, 5) is 4.11. The monoisotopic (exact) mass is 163 g/mol. The number of nitrogen functional groups attached to an aromatic ring is 1. The summed E-state index contributed by atoms with van der Waals surface area (Å²) in [6, 6.07) is 5.49. The van der Waals surface area contributed by atoms with E-state index in [1.54, 1.807) is 6.07 Å². The van der Waals surface area contributed by atoms with Crippen molar-refractivity contribution in [3.63, 3.8) is 0 Å². The lowest BCUT2D eigenvalue weighted by molar-refractivity contribution is 1.01. The fourth-order valence-corrected chi connectivity index (χ4v) is 0.951. The van der Waals surface area contributed by atoms with Crippen molar-refractivity contribution in [2.45, 2.75) is 6.42 Å². The summed E-state index contributed by atoms with van der Waals surface area (Å²) in [5.41, 5.74) is 12.7. The Balaban J connectivity index is 2.81. The third kappa shape index (κ3) is 2.07. The Morgan fingerprint density at radius 1 is 1.50 bits per heavy atom. The number of pyridine rings is 1. The average molecular weight is 163 g/mol. The van der Waals surface area contributed by atoms with Gasteiger partial charge in [0.15, 0.2) is 0 Å². The largest absolute Gasteiger partial charge is 0.384 e. The van der Waals surface area contributed by atoms with Gasteiger partial charge in [0.2, 0.25) is 0 Å². The molecule has 1 heterocycles. The van der Waals surface area contributed by atoms with E-state index in [1.165, 1.54) is 0 Å². The Labute approximate surface area is 72.1 Å². The molecule has 1 rings (SSSR count). The molecule has 0 radical (unpaired) electrons. The molecule has 0 aliphatic carbocycles. The highest BCUT2D eigenvalue weighted by Gasteiger charge is 1.98. The van der Waals surface area contributed by atoms with E-state index in [9.17, 15) is 0 Å². The lowest BCUT2D eigenvalue weighted by Gasteiger charge is -2.02. The van der Waals surface area contributed by atoms with E-state index in [-0.39, 0.29) is 0 Å². The molecule has 0 aliphatic heterocycles. The summed E-state index contributed by atoms with van der Waals surface area (Å²) < 4.78 is 0. The number of aromatic nitrogens is 1. The van der Waals surface area contributed by atoms with Crippen LogP contribution >= 0.6 is 0 Å². The van der Waals surface area contributed by atoms with Crippen LogP contribution in [0.4, 0.5) is 5.82 Å². The van der Waals surface area contributed by atoms with Crippen LogP contribution in [0.15, 0.2) is 24.8 Å². The van der Waals surface area contributed by atoms with Crippen molar-refractivity contribution in [3.05, 3.63) is 30.5 Å². The van der Waals surface area contributed by atoms with Crippen molar-refractivity contribution in [3.8, 4) is 0 Å². The maximum absolute atomic E-state index is 5.51. The first kappa shape index (κ1) is 8.74. The van der Waals surface area contributed by atoms with E-state index < -0.39 is 0 Å². The van der Waals surface area contributed by atoms with Gasteiger partial charge in [0.25, 0.3) is 0 Å². The highest BCUT2D eigenvalue weighted by atomic mass is 14.8. The van der Waals surface area contributed by atoms with Gasteiger partial charge in [0.05, 0.1) is 5.69 Å². The number of rotatable bonds is 3. The van der Waals surface area contributed by atoms with Crippen molar-refractivity contribution in [2.24, 2.45) is 5.73 Å². The maximum Gasteiger partial charge on any atom is 0.124 e. The second-order valence-electron chi connectivity index (χ2n) is 2.59. The molecule has 64 valence electrons. The zero-order valence-electron chi connectivity index (χ0n) is 6.96. The van der Waals surface area contributed by atoms with Crippen LogP contribution in [0.25, 0.3) is 5.57 Å². The van der Waals surface area contributed by atoms with Gasteiger partial charge in [0.1, 0.15) is 5.82 Å². The summed E-state index contributed by atoms with van der Waals surface area (Å²) in [5.74, 6) is 0.519. The maximum atomic E-state index is 5.51. The first-order chi connectivity index (χ1) is 5.74. The zero-order chi connectivity index (χ0) is 8.97. The van der Waals surface area contributed by atoms with Gasteiger partial charge >= 0.3 is 0 Å². The van der Waals surface area contributed by atoms with E-state index in [0.29, 0.717) is 12.4 Å². The second kappa shape index (κ2) is 3.88. The van der Waals surface area contributed by atoms with Crippen molar-refractivity contribution < 1.29 is 0 Å². The van der Waals surface area contributed by atoms with Crippen LogP contribution in [0.5, 0.6) is 0 Å². The quantitative estimate of drug-likeness (QED) is 0.699. The summed E-state index contributed by atoms with van der Waals surface area (Å²) >= 11 is 0. The fraction of sp³-hybridized carbons (Fsp3) is 0.222. The normalized spacial score (nSPS) is 9.75. The SMILES string of the molecule is C=C(CCN)c1cccc(N)n1. The zero-order valence-corrected chi connectivity index (χ0v) is 6.96. The van der Waals surface area contributed by atoms with Gasteiger partial charge < -0.3 is 11.5 Å². The number of anilines is 1. The molecule has 1 aromatic heterocycles. The Morgan fingerprint density at radius 2 is 2.25 bits per heavy atom. The molecule has 0 bridgehead atoms. The van der Waals surface area contributed by atoms with Gasteiger partial charge in [0, 0.05) is 0 Å². The molecule has 3 nitrogen and oxygen atoms in total. The van der Waals surface area contributed by atoms with Crippen LogP contribution in [-0.2, 0) is 0 Å². The average Bonchev–Trinajstić information content (AvgIpc) is 2.05. The Morgan fingerprint density at radius 3 is 2.83 bits per heavy atom. The van der Waals surface area contributed by atoms with Crippen molar-refractivity contribution in [2.75, 3.05) is 12.3 Å². The third-order valence-electron chi connectivity index (χ3n) is 1.58. The minimum absolute atomic E-state index is 0.519. The number of nitrogens with zero attached hydrogens (tertiary/aromatic N) is 1. The molecule has 0 aromatic carbocycles. The highest BCUT2D eigenvalue weighted by molar-refractivity contribution is 5.61. The second-order valence-corrected chi connectivity index (χ2v) is 2.59. The molecule has 0 amide bonds. The molecular formula is C9H13N3. The molecule has 0 spiro atoms. The van der Waals surface area contributed by atoms with Gasteiger partial charge in [-0.3, -0.25) is 0 Å². The lowest BCUT2D eigenvalue weighted by Crippen LogP contribution is -2.01. The molecule has 0 aliphatic rings. The standard InChI is InChI=1S/C9H13N3/c1-7(5-6-10)8-3-2-4-9(11)12-8/h2-4H,1,5-6,10H2,(H2,11,12). The minimum atomic E-state index is 0.519. The highest BCUT2D eigenvalue weighted by Crippen LogP contribution is 2.13. The van der Waals surface area contributed by atoms with Crippen LogP contribution < -0.4 is 11.5 Å². The van der Waals surface area contributed by atoms with Crippen molar-refractivity contribution in [1.82, 2.24) is 4.98 Å². The molecule has 4 N–H and O–H groups in total. The van der Waals surface area contributed by atoms with E-state index in [2.05, 4.69) is 11.6 Å². The Bertz CT molecular complexity index is 281. The van der Waals surface area contributed by atoms with E-state index in [1.807, 2.05) is 12.1 Å². The molecule has 0 unspecified atom stereocenters. The molecule has 0 atom stereocenters. The van der Waals surface area contributed by atoms with Crippen LogP contribution in [0.1, 0.15) is 12.1 Å². The van der Waals surface area contributed by atoms with Gasteiger partial charge in [-0.25, -0.2) is 4.98 Å². The predicted molar refractivity (Wildman–Crippen MR) is 51.4 cm³/mol. The molecule has 0 fully saturated rings. The van der Waals surface area contributed by atoms with E-state index >= 15 is 0 Å².